The number of hydrogen-bond donors (Lipinski definition) is 0. The lowest BCUT2D eigenvalue weighted by molar-refractivity contribution is 0.0966. The van der Waals surface area contributed by atoms with Crippen LogP contribution in [0.2, 0.25) is 0 Å². The number of para-hydroxylation sites is 1. The molecular weight excluding hydrogens is 538 g/mol. The lowest BCUT2D eigenvalue weighted by Crippen LogP contribution is -2.33. The molecule has 0 saturated carbocycles. The van der Waals surface area contributed by atoms with E-state index in [9.17, 15) is 9.59 Å². The Labute approximate surface area is 220 Å². The maximum absolute atomic E-state index is 12.9. The SMILES string of the molecule is COc1ccccc1CCN1COc2ccc3c(-c4cc5cc(Br)ccc5oc4=O)cc(=O)oc3c2C1. The molecule has 0 N–H and O–H groups in total. The van der Waals surface area contributed by atoms with Crippen molar-refractivity contribution in [3.05, 3.63) is 103 Å². The molecule has 0 radical (unpaired) electrons. The summed E-state index contributed by atoms with van der Waals surface area (Å²) in [5, 5.41) is 1.39. The van der Waals surface area contributed by atoms with Crippen LogP contribution in [0, 0.1) is 0 Å². The first-order chi connectivity index (χ1) is 18.0. The Bertz CT molecular complexity index is 1770. The van der Waals surface area contributed by atoms with Crippen molar-refractivity contribution in [2.24, 2.45) is 0 Å². The quantitative estimate of drug-likeness (QED) is 0.254. The Morgan fingerprint density at radius 2 is 1.84 bits per heavy atom. The zero-order valence-corrected chi connectivity index (χ0v) is 21.5. The van der Waals surface area contributed by atoms with Gasteiger partial charge >= 0.3 is 11.3 Å². The van der Waals surface area contributed by atoms with Crippen LogP contribution in [0.25, 0.3) is 33.1 Å². The molecule has 5 aromatic rings. The van der Waals surface area contributed by atoms with Crippen LogP contribution in [0.3, 0.4) is 0 Å². The van der Waals surface area contributed by atoms with Gasteiger partial charge in [0.05, 0.1) is 18.2 Å². The van der Waals surface area contributed by atoms with Gasteiger partial charge in [0.15, 0.2) is 0 Å². The molecule has 8 heteroatoms. The standard InChI is InChI=1S/C29H22BrNO6/c1-34-24-5-3-2-4-17(24)10-11-31-15-23-26(35-16-31)9-7-20-21(14-27(32)37-28(20)23)22-13-18-12-19(30)6-8-25(18)36-29(22)33/h2-9,12-14H,10-11,15-16H2,1H3. The average Bonchev–Trinajstić information content (AvgIpc) is 2.91. The Balaban J connectivity index is 1.40. The van der Waals surface area contributed by atoms with Crippen LogP contribution in [0.1, 0.15) is 11.1 Å². The van der Waals surface area contributed by atoms with Crippen LogP contribution in [0.15, 0.2) is 89.6 Å². The van der Waals surface area contributed by atoms with E-state index in [0.717, 1.165) is 39.7 Å². The van der Waals surface area contributed by atoms with Crippen molar-refractivity contribution in [2.75, 3.05) is 20.4 Å². The molecule has 0 aliphatic carbocycles. The van der Waals surface area contributed by atoms with Crippen LogP contribution in [-0.4, -0.2) is 25.3 Å². The monoisotopic (exact) mass is 559 g/mol. The molecule has 7 nitrogen and oxygen atoms in total. The first-order valence-electron chi connectivity index (χ1n) is 11.8. The highest BCUT2D eigenvalue weighted by molar-refractivity contribution is 9.10. The maximum Gasteiger partial charge on any atom is 0.344 e. The lowest BCUT2D eigenvalue weighted by atomic mass is 9.99. The van der Waals surface area contributed by atoms with Crippen molar-refractivity contribution < 1.29 is 18.3 Å². The summed E-state index contributed by atoms with van der Waals surface area (Å²) in [7, 11) is 1.67. The van der Waals surface area contributed by atoms with Crippen LogP contribution in [0.4, 0.5) is 0 Å². The van der Waals surface area contributed by atoms with Gasteiger partial charge < -0.3 is 18.3 Å². The normalized spacial score (nSPS) is 13.5. The van der Waals surface area contributed by atoms with E-state index in [1.165, 1.54) is 6.07 Å². The van der Waals surface area contributed by atoms with Gasteiger partial charge in [-0.1, -0.05) is 34.1 Å². The smallest absolute Gasteiger partial charge is 0.344 e. The van der Waals surface area contributed by atoms with Crippen molar-refractivity contribution in [1.82, 2.24) is 4.90 Å². The maximum atomic E-state index is 12.9. The summed E-state index contributed by atoms with van der Waals surface area (Å²) in [6.07, 6.45) is 0.774. The van der Waals surface area contributed by atoms with E-state index in [4.69, 9.17) is 18.3 Å². The molecule has 186 valence electrons. The highest BCUT2D eigenvalue weighted by Crippen LogP contribution is 2.36. The summed E-state index contributed by atoms with van der Waals surface area (Å²) >= 11 is 3.46. The second-order valence-corrected chi connectivity index (χ2v) is 9.83. The van der Waals surface area contributed by atoms with E-state index in [1.807, 2.05) is 48.5 Å². The molecule has 0 atom stereocenters. The van der Waals surface area contributed by atoms with Crippen molar-refractivity contribution in [1.29, 1.82) is 0 Å². The predicted octanol–water partition coefficient (Wildman–Crippen LogP) is 5.73. The van der Waals surface area contributed by atoms with E-state index in [2.05, 4.69) is 20.8 Å². The third-order valence-corrected chi connectivity index (χ3v) is 7.12. The fraction of sp³-hybridized carbons (Fsp3) is 0.172. The molecule has 0 unspecified atom stereocenters. The van der Waals surface area contributed by atoms with Gasteiger partial charge in [-0.05, 0) is 54.4 Å². The van der Waals surface area contributed by atoms with Gasteiger partial charge in [0.25, 0.3) is 0 Å². The third-order valence-electron chi connectivity index (χ3n) is 6.63. The van der Waals surface area contributed by atoms with Crippen LogP contribution in [-0.2, 0) is 13.0 Å². The number of rotatable bonds is 5. The highest BCUT2D eigenvalue weighted by Gasteiger charge is 2.24. The summed E-state index contributed by atoms with van der Waals surface area (Å²) in [6.45, 7) is 1.68. The topological polar surface area (TPSA) is 82.1 Å². The molecule has 0 saturated heterocycles. The summed E-state index contributed by atoms with van der Waals surface area (Å²) in [6, 6.07) is 20.1. The number of fused-ring (bicyclic) bond motifs is 4. The summed E-state index contributed by atoms with van der Waals surface area (Å²) in [4.78, 5) is 27.8. The van der Waals surface area contributed by atoms with E-state index in [0.29, 0.717) is 46.7 Å². The molecule has 1 aliphatic rings. The van der Waals surface area contributed by atoms with E-state index in [1.54, 1.807) is 19.2 Å². The third kappa shape index (κ3) is 4.43. The highest BCUT2D eigenvalue weighted by atomic mass is 79.9. The minimum Gasteiger partial charge on any atom is -0.496 e. The Morgan fingerprint density at radius 1 is 0.973 bits per heavy atom. The first kappa shape index (κ1) is 23.5. The number of nitrogens with zero attached hydrogens (tertiary/aromatic N) is 1. The zero-order valence-electron chi connectivity index (χ0n) is 20.0. The summed E-state index contributed by atoms with van der Waals surface area (Å²) < 4.78 is 23.6. The molecule has 6 rings (SSSR count). The van der Waals surface area contributed by atoms with Gasteiger partial charge in [0.1, 0.15) is 29.4 Å². The number of methoxy groups -OCH3 is 1. The number of benzene rings is 3. The lowest BCUT2D eigenvalue weighted by Gasteiger charge is -2.29. The van der Waals surface area contributed by atoms with Crippen molar-refractivity contribution in [3.63, 3.8) is 0 Å². The molecule has 3 aromatic carbocycles. The fourth-order valence-electron chi connectivity index (χ4n) is 4.82. The van der Waals surface area contributed by atoms with E-state index >= 15 is 0 Å². The number of halogens is 1. The second kappa shape index (κ2) is 9.53. The first-order valence-corrected chi connectivity index (χ1v) is 12.6. The van der Waals surface area contributed by atoms with E-state index in [-0.39, 0.29) is 0 Å². The molecule has 1 aliphatic heterocycles. The van der Waals surface area contributed by atoms with Gasteiger partial charge in [0, 0.05) is 40.0 Å². The zero-order chi connectivity index (χ0) is 25.5. The van der Waals surface area contributed by atoms with Crippen molar-refractivity contribution in [2.45, 2.75) is 13.0 Å². The molecule has 0 spiro atoms. The molecular formula is C29H22BrNO6. The molecule has 0 fully saturated rings. The Hall–Kier alpha value is -3.88. The summed E-state index contributed by atoms with van der Waals surface area (Å²) in [5.74, 6) is 1.51. The van der Waals surface area contributed by atoms with Crippen LogP contribution >= 0.6 is 15.9 Å². The van der Waals surface area contributed by atoms with Crippen molar-refractivity contribution in [3.8, 4) is 22.6 Å². The van der Waals surface area contributed by atoms with Crippen LogP contribution < -0.4 is 20.7 Å². The van der Waals surface area contributed by atoms with Crippen LogP contribution in [0.5, 0.6) is 11.5 Å². The molecule has 0 amide bonds. The number of ether oxygens (including phenoxy) is 2. The van der Waals surface area contributed by atoms with Gasteiger partial charge in [-0.25, -0.2) is 9.59 Å². The van der Waals surface area contributed by atoms with Crippen molar-refractivity contribution >= 4 is 37.9 Å². The van der Waals surface area contributed by atoms with E-state index < -0.39 is 11.3 Å². The Morgan fingerprint density at radius 3 is 2.70 bits per heavy atom. The van der Waals surface area contributed by atoms with Gasteiger partial charge in [-0.2, -0.15) is 0 Å². The molecule has 37 heavy (non-hydrogen) atoms. The van der Waals surface area contributed by atoms with Gasteiger partial charge in [-0.3, -0.25) is 4.90 Å². The predicted molar refractivity (Wildman–Crippen MR) is 144 cm³/mol. The Kier molecular flexibility index (Phi) is 6.06. The second-order valence-electron chi connectivity index (χ2n) is 8.92. The summed E-state index contributed by atoms with van der Waals surface area (Å²) in [5.41, 5.74) is 2.47. The molecule has 3 heterocycles. The minimum atomic E-state index is -0.546. The number of hydrogen-bond acceptors (Lipinski definition) is 7. The largest absolute Gasteiger partial charge is 0.496 e. The average molecular weight is 560 g/mol. The fourth-order valence-corrected chi connectivity index (χ4v) is 5.19. The van der Waals surface area contributed by atoms with Gasteiger partial charge in [-0.15, -0.1) is 0 Å². The molecule has 2 aromatic heterocycles. The van der Waals surface area contributed by atoms with Gasteiger partial charge in [0.2, 0.25) is 0 Å². The molecule has 0 bridgehead atoms. The minimum absolute atomic E-state index is 0.299.